The molecule has 0 spiro atoms. The fraction of sp³-hybridized carbons (Fsp3) is 0.500. The lowest BCUT2D eigenvalue weighted by Gasteiger charge is -2.23. The van der Waals surface area contributed by atoms with Crippen LogP contribution in [0.2, 0.25) is 0 Å². The highest BCUT2D eigenvalue weighted by atomic mass is 16.6. The highest BCUT2D eigenvalue weighted by Gasteiger charge is 2.34. The SMILES string of the molecule is O=c1c([N+](=O)[O-])c(N(CC2CC2)CC2CC2)nc2ccccn12. The van der Waals surface area contributed by atoms with Crippen LogP contribution in [0.4, 0.5) is 11.5 Å². The molecule has 2 aromatic rings. The Morgan fingerprint density at radius 1 is 1.22 bits per heavy atom. The van der Waals surface area contributed by atoms with Crippen molar-refractivity contribution in [1.82, 2.24) is 9.38 Å². The maximum Gasteiger partial charge on any atom is 0.376 e. The van der Waals surface area contributed by atoms with Crippen LogP contribution in [-0.2, 0) is 0 Å². The zero-order chi connectivity index (χ0) is 16.0. The third-order valence-electron chi connectivity index (χ3n) is 4.53. The van der Waals surface area contributed by atoms with Gasteiger partial charge in [0.25, 0.3) is 0 Å². The Balaban J connectivity index is 1.86. The smallest absolute Gasteiger partial charge is 0.350 e. The minimum absolute atomic E-state index is 0.241. The largest absolute Gasteiger partial charge is 0.376 e. The lowest BCUT2D eigenvalue weighted by molar-refractivity contribution is -0.385. The molecule has 2 heterocycles. The molecule has 2 fully saturated rings. The summed E-state index contributed by atoms with van der Waals surface area (Å²) in [6, 6.07) is 5.16. The summed E-state index contributed by atoms with van der Waals surface area (Å²) in [4.78, 5) is 29.9. The summed E-state index contributed by atoms with van der Waals surface area (Å²) in [7, 11) is 0. The Morgan fingerprint density at radius 3 is 2.43 bits per heavy atom. The van der Waals surface area contributed by atoms with E-state index in [4.69, 9.17) is 0 Å². The number of nitrogens with zero attached hydrogens (tertiary/aromatic N) is 4. The van der Waals surface area contributed by atoms with E-state index in [0.29, 0.717) is 17.5 Å². The van der Waals surface area contributed by atoms with E-state index in [1.54, 1.807) is 18.2 Å². The molecule has 7 heteroatoms. The number of hydrogen-bond acceptors (Lipinski definition) is 5. The predicted octanol–water partition coefficient (Wildman–Crippen LogP) is 2.23. The molecule has 0 unspecified atom stereocenters. The molecular formula is C16H18N4O3. The van der Waals surface area contributed by atoms with Crippen LogP contribution in [0.15, 0.2) is 29.2 Å². The van der Waals surface area contributed by atoms with Crippen molar-refractivity contribution >= 4 is 17.2 Å². The molecular weight excluding hydrogens is 296 g/mol. The number of rotatable bonds is 6. The molecule has 0 atom stereocenters. The van der Waals surface area contributed by atoms with Gasteiger partial charge in [0, 0.05) is 19.3 Å². The van der Waals surface area contributed by atoms with E-state index >= 15 is 0 Å². The van der Waals surface area contributed by atoms with Crippen LogP contribution in [-0.4, -0.2) is 27.4 Å². The molecule has 0 N–H and O–H groups in total. The van der Waals surface area contributed by atoms with Gasteiger partial charge in [0.1, 0.15) is 5.65 Å². The number of anilines is 1. The number of hydrogen-bond donors (Lipinski definition) is 0. The van der Waals surface area contributed by atoms with Crippen LogP contribution in [0.3, 0.4) is 0 Å². The second-order valence-corrected chi connectivity index (χ2v) is 6.57. The molecule has 0 aliphatic heterocycles. The molecule has 0 saturated heterocycles. The molecule has 2 saturated carbocycles. The van der Waals surface area contributed by atoms with Gasteiger partial charge in [-0.25, -0.2) is 4.98 Å². The molecule has 0 aromatic carbocycles. The average molecular weight is 314 g/mol. The van der Waals surface area contributed by atoms with Gasteiger partial charge in [-0.3, -0.25) is 19.3 Å². The predicted molar refractivity (Wildman–Crippen MR) is 85.8 cm³/mol. The first-order valence-electron chi connectivity index (χ1n) is 8.04. The molecule has 2 aromatic heterocycles. The van der Waals surface area contributed by atoms with Gasteiger partial charge in [-0.15, -0.1) is 0 Å². The quantitative estimate of drug-likeness (QED) is 0.603. The Labute approximate surface area is 132 Å². The van der Waals surface area contributed by atoms with Crippen molar-refractivity contribution in [2.75, 3.05) is 18.0 Å². The van der Waals surface area contributed by atoms with Crippen molar-refractivity contribution in [3.05, 3.63) is 44.9 Å². The average Bonchev–Trinajstić information content (AvgIpc) is 3.42. The van der Waals surface area contributed by atoms with Gasteiger partial charge in [-0.1, -0.05) is 6.07 Å². The molecule has 23 heavy (non-hydrogen) atoms. The summed E-state index contributed by atoms with van der Waals surface area (Å²) in [5, 5.41) is 11.5. The lowest BCUT2D eigenvalue weighted by atomic mass is 10.3. The van der Waals surface area contributed by atoms with Crippen molar-refractivity contribution in [3.63, 3.8) is 0 Å². The van der Waals surface area contributed by atoms with E-state index in [1.807, 2.05) is 4.90 Å². The Morgan fingerprint density at radius 2 is 1.87 bits per heavy atom. The summed E-state index contributed by atoms with van der Waals surface area (Å²) in [6.45, 7) is 1.51. The fourth-order valence-electron chi connectivity index (χ4n) is 2.92. The molecule has 7 nitrogen and oxygen atoms in total. The Kier molecular flexibility index (Phi) is 3.28. The van der Waals surface area contributed by atoms with Crippen molar-refractivity contribution in [1.29, 1.82) is 0 Å². The summed E-state index contributed by atoms with van der Waals surface area (Å²) in [6.07, 6.45) is 6.14. The van der Waals surface area contributed by atoms with Crippen molar-refractivity contribution in [2.24, 2.45) is 11.8 Å². The monoisotopic (exact) mass is 314 g/mol. The molecule has 2 aliphatic carbocycles. The standard InChI is InChI=1S/C16H18N4O3/c21-16-14(20(22)23)15(17-13-3-1-2-8-19(13)16)18(9-11-4-5-11)10-12-6-7-12/h1-3,8,11-12H,4-7,9-10H2. The first kappa shape index (κ1) is 14.2. The van der Waals surface area contributed by atoms with Crippen molar-refractivity contribution in [3.8, 4) is 0 Å². The Hall–Kier alpha value is -2.44. The second kappa shape index (κ2) is 5.33. The second-order valence-electron chi connectivity index (χ2n) is 6.57. The molecule has 120 valence electrons. The first-order valence-corrected chi connectivity index (χ1v) is 8.04. The van der Waals surface area contributed by atoms with Gasteiger partial charge in [-0.05, 0) is 49.7 Å². The minimum atomic E-state index is -0.604. The van der Waals surface area contributed by atoms with Gasteiger partial charge >= 0.3 is 11.2 Å². The van der Waals surface area contributed by atoms with Crippen molar-refractivity contribution in [2.45, 2.75) is 25.7 Å². The van der Waals surface area contributed by atoms with Gasteiger partial charge in [0.2, 0.25) is 5.82 Å². The molecule has 2 aliphatic rings. The van der Waals surface area contributed by atoms with Crippen LogP contribution < -0.4 is 10.5 Å². The fourth-order valence-corrected chi connectivity index (χ4v) is 2.92. The number of pyridine rings is 1. The zero-order valence-electron chi connectivity index (χ0n) is 12.7. The van der Waals surface area contributed by atoms with Crippen LogP contribution in [0, 0.1) is 22.0 Å². The van der Waals surface area contributed by atoms with Crippen LogP contribution in [0.1, 0.15) is 25.7 Å². The highest BCUT2D eigenvalue weighted by molar-refractivity contribution is 5.61. The lowest BCUT2D eigenvalue weighted by Crippen LogP contribution is -2.32. The Bertz CT molecular complexity index is 810. The number of fused-ring (bicyclic) bond motifs is 1. The first-order chi connectivity index (χ1) is 11.1. The highest BCUT2D eigenvalue weighted by Crippen LogP contribution is 2.37. The van der Waals surface area contributed by atoms with Gasteiger partial charge < -0.3 is 4.90 Å². The van der Waals surface area contributed by atoms with Crippen LogP contribution in [0.5, 0.6) is 0 Å². The van der Waals surface area contributed by atoms with E-state index in [1.165, 1.54) is 10.6 Å². The zero-order valence-corrected chi connectivity index (χ0v) is 12.7. The van der Waals surface area contributed by atoms with E-state index in [-0.39, 0.29) is 5.82 Å². The maximum absolute atomic E-state index is 12.6. The van der Waals surface area contributed by atoms with Gasteiger partial charge in [-0.2, -0.15) is 0 Å². The van der Waals surface area contributed by atoms with E-state index in [0.717, 1.165) is 38.8 Å². The summed E-state index contributed by atoms with van der Waals surface area (Å²) >= 11 is 0. The van der Waals surface area contributed by atoms with E-state index in [2.05, 4.69) is 4.98 Å². The summed E-state index contributed by atoms with van der Waals surface area (Å²) in [5.74, 6) is 1.39. The number of nitro groups is 1. The normalized spacial score (nSPS) is 17.4. The topological polar surface area (TPSA) is 80.8 Å². The third kappa shape index (κ3) is 2.78. The molecule has 4 rings (SSSR count). The molecule has 0 amide bonds. The van der Waals surface area contributed by atoms with Gasteiger partial charge in [0.15, 0.2) is 0 Å². The third-order valence-corrected chi connectivity index (χ3v) is 4.53. The number of aromatic nitrogens is 2. The van der Waals surface area contributed by atoms with Crippen molar-refractivity contribution < 1.29 is 4.92 Å². The van der Waals surface area contributed by atoms with Crippen LogP contribution in [0.25, 0.3) is 5.65 Å². The van der Waals surface area contributed by atoms with E-state index < -0.39 is 16.2 Å². The molecule has 0 bridgehead atoms. The minimum Gasteiger partial charge on any atom is -0.350 e. The summed E-state index contributed by atoms with van der Waals surface area (Å²) in [5.41, 5.74) is -0.558. The van der Waals surface area contributed by atoms with Crippen LogP contribution >= 0.6 is 0 Å². The van der Waals surface area contributed by atoms with E-state index in [9.17, 15) is 14.9 Å². The van der Waals surface area contributed by atoms with Gasteiger partial charge in [0.05, 0.1) is 4.92 Å². The summed E-state index contributed by atoms with van der Waals surface area (Å²) < 4.78 is 1.24. The molecule has 0 radical (unpaired) electrons. The maximum atomic E-state index is 12.6.